The van der Waals surface area contributed by atoms with Gasteiger partial charge in [-0.1, -0.05) is 162 Å². The normalized spacial score (nSPS) is 17.9. The molecule has 0 aromatic heterocycles. The van der Waals surface area contributed by atoms with E-state index in [9.17, 15) is 0 Å². The van der Waals surface area contributed by atoms with Crippen molar-refractivity contribution in [2.45, 2.75) is 103 Å². The van der Waals surface area contributed by atoms with Crippen LogP contribution in [0.2, 0.25) is 12.1 Å². The van der Waals surface area contributed by atoms with E-state index in [1.165, 1.54) is 69.4 Å². The summed E-state index contributed by atoms with van der Waals surface area (Å²) in [7, 11) is -0.113. The quantitative estimate of drug-likeness (QED) is 0.138. The van der Waals surface area contributed by atoms with E-state index in [0.717, 1.165) is 0 Å². The number of allylic oxidation sites excluding steroid dienone is 2. The van der Waals surface area contributed by atoms with Crippen LogP contribution in [0.4, 0.5) is 0 Å². The Hall–Kier alpha value is -3.42. The zero-order chi connectivity index (χ0) is 31.9. The van der Waals surface area contributed by atoms with Crippen LogP contribution < -0.4 is 0 Å². The Morgan fingerprint density at radius 3 is 1.24 bits per heavy atom. The van der Waals surface area contributed by atoms with Gasteiger partial charge in [0.15, 0.2) is 0 Å². The standard InChI is InChI=1S/C44H52Si/c1-29-27-41-37(31-15-19-33(20-16-31)43(3,4)5)11-9-13-39(41)35(29)23-25-45-26-24-36-30(2)28-42-38(12-10-14-40(36)42)32-17-21-34(22-18-32)44(6,7)8/h9-22,27-28,35-36H,23-26,45H2,1-8H3. The van der Waals surface area contributed by atoms with Crippen LogP contribution in [0, 0.1) is 0 Å². The van der Waals surface area contributed by atoms with Gasteiger partial charge in [0, 0.05) is 21.4 Å². The molecule has 0 saturated heterocycles. The predicted octanol–water partition coefficient (Wildman–Crippen LogP) is 12.1. The maximum atomic E-state index is 2.48. The molecule has 0 heterocycles. The Labute approximate surface area is 275 Å². The Morgan fingerprint density at radius 2 is 0.889 bits per heavy atom. The summed E-state index contributed by atoms with van der Waals surface area (Å²) in [5, 5.41) is 0. The summed E-state index contributed by atoms with van der Waals surface area (Å²) in [5.41, 5.74) is 17.7. The van der Waals surface area contributed by atoms with E-state index in [2.05, 4.69) is 152 Å². The minimum Gasteiger partial charge on any atom is -0.0652 e. The number of rotatable bonds is 8. The first-order chi connectivity index (χ1) is 21.4. The average molecular weight is 609 g/mol. The molecular formula is C44H52Si. The smallest absolute Gasteiger partial charge is 0.0198 e. The van der Waals surface area contributed by atoms with Crippen LogP contribution in [0.15, 0.2) is 96.1 Å². The number of hydrogen-bond acceptors (Lipinski definition) is 0. The molecule has 2 unspecified atom stereocenters. The van der Waals surface area contributed by atoms with Crippen molar-refractivity contribution in [3.8, 4) is 22.3 Å². The van der Waals surface area contributed by atoms with Gasteiger partial charge in [0.05, 0.1) is 0 Å². The second kappa shape index (κ2) is 12.4. The van der Waals surface area contributed by atoms with Crippen molar-refractivity contribution in [3.63, 3.8) is 0 Å². The molecule has 6 rings (SSSR count). The van der Waals surface area contributed by atoms with Gasteiger partial charge in [0.1, 0.15) is 0 Å². The molecule has 0 fully saturated rings. The van der Waals surface area contributed by atoms with Gasteiger partial charge in [-0.2, -0.15) is 0 Å². The van der Waals surface area contributed by atoms with Crippen LogP contribution >= 0.6 is 0 Å². The molecule has 0 N–H and O–H groups in total. The highest BCUT2D eigenvalue weighted by atomic mass is 28.2. The molecule has 0 bridgehead atoms. The Morgan fingerprint density at radius 1 is 0.511 bits per heavy atom. The number of fused-ring (bicyclic) bond motifs is 2. The molecule has 0 amide bonds. The molecule has 0 radical (unpaired) electrons. The lowest BCUT2D eigenvalue weighted by Crippen LogP contribution is -2.10. The molecule has 2 aliphatic carbocycles. The third-order valence-electron chi connectivity index (χ3n) is 10.5. The number of benzene rings is 4. The highest BCUT2D eigenvalue weighted by Gasteiger charge is 2.27. The van der Waals surface area contributed by atoms with Crippen LogP contribution in [-0.4, -0.2) is 9.52 Å². The Kier molecular flexibility index (Phi) is 8.70. The third kappa shape index (κ3) is 6.47. The fourth-order valence-electron chi connectivity index (χ4n) is 7.69. The molecule has 0 aliphatic heterocycles. The highest BCUT2D eigenvalue weighted by Crippen LogP contribution is 2.45. The zero-order valence-corrected chi connectivity index (χ0v) is 30.3. The summed E-state index contributed by atoms with van der Waals surface area (Å²) in [5.74, 6) is 1.17. The van der Waals surface area contributed by atoms with E-state index < -0.39 is 0 Å². The molecule has 4 aromatic rings. The van der Waals surface area contributed by atoms with Gasteiger partial charge >= 0.3 is 0 Å². The Balaban J connectivity index is 1.08. The molecule has 0 nitrogen and oxygen atoms in total. The SMILES string of the molecule is CC1=Cc2c(-c3ccc(C(C)(C)C)cc3)cccc2C1CC[SiH2]CCC1C(C)=Cc2c(-c3ccc(C(C)(C)C)cc3)cccc21. The predicted molar refractivity (Wildman–Crippen MR) is 201 cm³/mol. The summed E-state index contributed by atoms with van der Waals surface area (Å²) in [6, 6.07) is 35.3. The van der Waals surface area contributed by atoms with Crippen molar-refractivity contribution in [2.75, 3.05) is 0 Å². The van der Waals surface area contributed by atoms with Gasteiger partial charge in [0.2, 0.25) is 0 Å². The molecule has 0 saturated carbocycles. The van der Waals surface area contributed by atoms with Crippen LogP contribution in [0.1, 0.15) is 113 Å². The van der Waals surface area contributed by atoms with Crippen molar-refractivity contribution in [2.24, 2.45) is 0 Å². The summed E-state index contributed by atoms with van der Waals surface area (Å²) < 4.78 is 0. The van der Waals surface area contributed by atoms with Crippen molar-refractivity contribution in [1.82, 2.24) is 0 Å². The van der Waals surface area contributed by atoms with Crippen LogP contribution in [0.25, 0.3) is 34.4 Å². The van der Waals surface area contributed by atoms with Gasteiger partial charge in [0.25, 0.3) is 0 Å². The van der Waals surface area contributed by atoms with Crippen LogP contribution in [-0.2, 0) is 10.8 Å². The van der Waals surface area contributed by atoms with E-state index in [0.29, 0.717) is 11.8 Å². The maximum Gasteiger partial charge on any atom is 0.0198 e. The largest absolute Gasteiger partial charge is 0.0652 e. The third-order valence-corrected chi connectivity index (χ3v) is 12.3. The summed E-state index contributed by atoms with van der Waals surface area (Å²) in [4.78, 5) is 0. The minimum atomic E-state index is -0.113. The molecule has 4 aromatic carbocycles. The first-order valence-electron chi connectivity index (χ1n) is 17.3. The maximum absolute atomic E-state index is 2.48. The molecule has 45 heavy (non-hydrogen) atoms. The lowest BCUT2D eigenvalue weighted by Gasteiger charge is -2.20. The van der Waals surface area contributed by atoms with Gasteiger partial charge in [-0.25, -0.2) is 0 Å². The summed E-state index contributed by atoms with van der Waals surface area (Å²) in [6.45, 7) is 18.4. The monoisotopic (exact) mass is 608 g/mol. The molecule has 2 aliphatic rings. The van der Waals surface area contributed by atoms with E-state index in [4.69, 9.17) is 0 Å². The van der Waals surface area contributed by atoms with E-state index in [1.807, 2.05) is 0 Å². The van der Waals surface area contributed by atoms with Crippen molar-refractivity contribution < 1.29 is 0 Å². The highest BCUT2D eigenvalue weighted by molar-refractivity contribution is 6.35. The fraction of sp³-hybridized carbons (Fsp3) is 0.364. The number of hydrogen-bond donors (Lipinski definition) is 0. The Bertz CT molecular complexity index is 1600. The van der Waals surface area contributed by atoms with Crippen LogP contribution in [0.3, 0.4) is 0 Å². The second-order valence-electron chi connectivity index (χ2n) is 15.8. The summed E-state index contributed by atoms with van der Waals surface area (Å²) in [6.07, 6.45) is 7.57. The minimum absolute atomic E-state index is 0.113. The van der Waals surface area contributed by atoms with Crippen molar-refractivity contribution in [3.05, 3.63) is 129 Å². The van der Waals surface area contributed by atoms with Gasteiger partial charge < -0.3 is 0 Å². The zero-order valence-electron chi connectivity index (χ0n) is 28.9. The molecule has 1 heteroatoms. The van der Waals surface area contributed by atoms with E-state index in [-0.39, 0.29) is 20.3 Å². The van der Waals surface area contributed by atoms with Gasteiger partial charge in [-0.05, 0) is 93.2 Å². The van der Waals surface area contributed by atoms with Crippen LogP contribution in [0.5, 0.6) is 0 Å². The van der Waals surface area contributed by atoms with Gasteiger partial charge in [-0.15, -0.1) is 0 Å². The molecule has 0 spiro atoms. The first kappa shape index (κ1) is 31.6. The molecule has 232 valence electrons. The van der Waals surface area contributed by atoms with Crippen molar-refractivity contribution >= 4 is 21.7 Å². The first-order valence-corrected chi connectivity index (χ1v) is 19.3. The molecule has 2 atom stereocenters. The fourth-order valence-corrected chi connectivity index (χ4v) is 9.43. The van der Waals surface area contributed by atoms with E-state index in [1.54, 1.807) is 22.3 Å². The average Bonchev–Trinajstić information content (AvgIpc) is 3.51. The second-order valence-corrected chi connectivity index (χ2v) is 17.9. The van der Waals surface area contributed by atoms with E-state index >= 15 is 0 Å². The van der Waals surface area contributed by atoms with Gasteiger partial charge in [-0.3, -0.25) is 0 Å². The van der Waals surface area contributed by atoms with Crippen molar-refractivity contribution in [1.29, 1.82) is 0 Å². The molecular weight excluding hydrogens is 557 g/mol. The summed E-state index contributed by atoms with van der Waals surface area (Å²) >= 11 is 0. The topological polar surface area (TPSA) is 0 Å². The lowest BCUT2D eigenvalue weighted by molar-refractivity contribution is 0.590. The lowest BCUT2D eigenvalue weighted by atomic mass is 9.85.